The van der Waals surface area contributed by atoms with E-state index >= 15 is 0 Å². The van der Waals surface area contributed by atoms with E-state index in [1.165, 1.54) is 5.57 Å². The Kier molecular flexibility index (Phi) is 3.15. The lowest BCUT2D eigenvalue weighted by Crippen LogP contribution is -2.42. The third kappa shape index (κ3) is 1.93. The number of hydrogen-bond donors (Lipinski definition) is 0. The van der Waals surface area contributed by atoms with Crippen molar-refractivity contribution in [3.05, 3.63) is 39.9 Å². The minimum Gasteiger partial charge on any atom is -0.364 e. The molecule has 1 heterocycles. The summed E-state index contributed by atoms with van der Waals surface area (Å²) in [5.41, 5.74) is 2.50. The van der Waals surface area contributed by atoms with Gasteiger partial charge in [0.2, 0.25) is 5.91 Å². The first kappa shape index (κ1) is 12.6. The van der Waals surface area contributed by atoms with E-state index in [2.05, 4.69) is 28.9 Å². The predicted octanol–water partition coefficient (Wildman–Crippen LogP) is 3.77. The molecule has 3 rings (SSSR count). The van der Waals surface area contributed by atoms with Gasteiger partial charge < -0.3 is 4.74 Å². The third-order valence-corrected chi connectivity index (χ3v) is 4.80. The van der Waals surface area contributed by atoms with Crippen LogP contribution in [0.1, 0.15) is 33.1 Å². The number of ether oxygens (including phenoxy) is 1. The van der Waals surface area contributed by atoms with Crippen LogP contribution in [0, 0.1) is 0 Å². The molecule has 0 fully saturated rings. The Bertz CT molecular complexity index is 643. The quantitative estimate of drug-likeness (QED) is 0.769. The van der Waals surface area contributed by atoms with Crippen LogP contribution in [-0.2, 0) is 14.9 Å². The van der Waals surface area contributed by atoms with Crippen LogP contribution in [0.2, 0.25) is 0 Å². The van der Waals surface area contributed by atoms with Gasteiger partial charge >= 0.3 is 0 Å². The molecule has 3 nitrogen and oxygen atoms in total. The molecule has 0 bridgehead atoms. The largest absolute Gasteiger partial charge is 0.364 e. The van der Waals surface area contributed by atoms with E-state index in [0.717, 1.165) is 18.4 Å². The van der Waals surface area contributed by atoms with Crippen molar-refractivity contribution < 1.29 is 10.9 Å². The summed E-state index contributed by atoms with van der Waals surface area (Å²) in [5.74, 6) is 0.0645. The van der Waals surface area contributed by atoms with E-state index in [9.17, 15) is 4.79 Å². The molecule has 20 heavy (non-hydrogen) atoms. The fraction of sp³-hybridized carbons (Fsp3) is 0.438. The first-order valence-electron chi connectivity index (χ1n) is 7.27. The van der Waals surface area contributed by atoms with Crippen LogP contribution in [0.3, 0.4) is 0 Å². The highest BCUT2D eigenvalue weighted by Crippen LogP contribution is 2.50. The molecule has 1 aromatic rings. The molecule has 1 spiro atoms. The Morgan fingerprint density at radius 3 is 3.00 bits per heavy atom. The molecule has 1 atom stereocenters. The van der Waals surface area contributed by atoms with Gasteiger partial charge in [-0.25, -0.2) is 0 Å². The van der Waals surface area contributed by atoms with Crippen molar-refractivity contribution in [2.45, 2.75) is 31.6 Å². The highest BCUT2D eigenvalue weighted by molar-refractivity contribution is 9.10. The lowest BCUT2D eigenvalue weighted by Gasteiger charge is -2.31. The maximum Gasteiger partial charge on any atom is 0.239 e. The zero-order valence-corrected chi connectivity index (χ0v) is 13.3. The van der Waals surface area contributed by atoms with Crippen LogP contribution in [-0.4, -0.2) is 19.7 Å². The summed E-state index contributed by atoms with van der Waals surface area (Å²) in [4.78, 5) is 14.6. The molecule has 0 aromatic heterocycles. The fourth-order valence-electron chi connectivity index (χ4n) is 3.19. The van der Waals surface area contributed by atoms with Crippen LogP contribution >= 0.6 is 15.9 Å². The van der Waals surface area contributed by atoms with Crippen molar-refractivity contribution >= 4 is 27.5 Å². The maximum absolute atomic E-state index is 13.0. The Hall–Kier alpha value is -1.13. The Balaban J connectivity index is 2.19. The van der Waals surface area contributed by atoms with Gasteiger partial charge in [-0.2, -0.15) is 0 Å². The molecular weight excluding hydrogens is 318 g/mol. The first-order chi connectivity index (χ1) is 10.0. The van der Waals surface area contributed by atoms with Crippen molar-refractivity contribution in [3.8, 4) is 0 Å². The van der Waals surface area contributed by atoms with Gasteiger partial charge in [0, 0.05) is 11.6 Å². The first-order valence-corrected chi connectivity index (χ1v) is 7.56. The van der Waals surface area contributed by atoms with Gasteiger partial charge in [0.15, 0.2) is 0 Å². The van der Waals surface area contributed by atoms with Crippen LogP contribution in [0.15, 0.2) is 34.3 Å². The summed E-state index contributed by atoms with van der Waals surface area (Å²) in [6, 6.07) is 4.22. The lowest BCUT2D eigenvalue weighted by molar-refractivity contribution is -0.124. The average Bonchev–Trinajstić information content (AvgIpc) is 2.70. The summed E-state index contributed by atoms with van der Waals surface area (Å²) in [6.45, 7) is 2.30. The number of halogens is 1. The number of anilines is 1. The number of fused-ring (bicyclic) bond motifs is 2. The summed E-state index contributed by atoms with van der Waals surface area (Å²) in [7, 11) is 1.57. The number of benzene rings is 1. The van der Waals surface area contributed by atoms with Crippen molar-refractivity contribution in [3.63, 3.8) is 0 Å². The van der Waals surface area contributed by atoms with Gasteiger partial charge in [-0.3, -0.25) is 9.69 Å². The second kappa shape index (κ2) is 5.01. The molecule has 1 aliphatic heterocycles. The van der Waals surface area contributed by atoms with Crippen LogP contribution in [0.5, 0.6) is 0 Å². The van der Waals surface area contributed by atoms with Gasteiger partial charge in [-0.15, -0.1) is 0 Å². The SMILES string of the molecule is [2H]c1c(Br)ccc2c1N(COC)C(=O)[C@]21CC=C(C)CC1. The molecule has 2 aliphatic rings. The number of carbonyl (C=O) groups excluding carboxylic acids is 1. The summed E-state index contributed by atoms with van der Waals surface area (Å²) >= 11 is 3.39. The van der Waals surface area contributed by atoms with Gasteiger partial charge in [0.1, 0.15) is 6.73 Å². The second-order valence-electron chi connectivity index (χ2n) is 5.56. The molecular formula is C16H18BrNO2. The van der Waals surface area contributed by atoms with Gasteiger partial charge in [-0.1, -0.05) is 33.6 Å². The normalized spacial score (nSPS) is 25.8. The summed E-state index contributed by atoms with van der Waals surface area (Å²) in [6.07, 6.45) is 4.61. The summed E-state index contributed by atoms with van der Waals surface area (Å²) < 4.78 is 14.2. The minimum absolute atomic E-state index is 0.0645. The van der Waals surface area contributed by atoms with E-state index in [1.807, 2.05) is 12.1 Å². The molecule has 1 aliphatic carbocycles. The number of rotatable bonds is 2. The third-order valence-electron chi connectivity index (χ3n) is 4.33. The van der Waals surface area contributed by atoms with Gasteiger partial charge in [-0.05, 0) is 43.9 Å². The van der Waals surface area contributed by atoms with E-state index in [-0.39, 0.29) is 12.6 Å². The molecule has 0 saturated carbocycles. The number of hydrogen-bond acceptors (Lipinski definition) is 2. The number of allylic oxidation sites excluding steroid dienone is 2. The Morgan fingerprint density at radius 1 is 1.55 bits per heavy atom. The zero-order valence-electron chi connectivity index (χ0n) is 12.7. The summed E-state index contributed by atoms with van der Waals surface area (Å²) in [5, 5.41) is 0. The second-order valence-corrected chi connectivity index (χ2v) is 6.41. The fourth-order valence-corrected chi connectivity index (χ4v) is 3.51. The predicted molar refractivity (Wildman–Crippen MR) is 82.8 cm³/mol. The molecule has 1 aromatic carbocycles. The number of nitrogens with zero attached hydrogens (tertiary/aromatic N) is 1. The smallest absolute Gasteiger partial charge is 0.239 e. The topological polar surface area (TPSA) is 29.5 Å². The van der Waals surface area contributed by atoms with Gasteiger partial charge in [0.25, 0.3) is 0 Å². The molecule has 0 radical (unpaired) electrons. The van der Waals surface area contributed by atoms with Gasteiger partial charge in [0.05, 0.1) is 12.5 Å². The van der Waals surface area contributed by atoms with Crippen LogP contribution in [0.25, 0.3) is 0 Å². The molecule has 106 valence electrons. The zero-order chi connectivity index (χ0) is 15.2. The number of carbonyl (C=O) groups is 1. The number of amides is 1. The number of methoxy groups -OCH3 is 1. The van der Waals surface area contributed by atoms with Crippen LogP contribution < -0.4 is 4.90 Å². The van der Waals surface area contributed by atoms with E-state index < -0.39 is 5.41 Å². The molecule has 0 N–H and O–H groups in total. The van der Waals surface area contributed by atoms with Crippen LogP contribution in [0.4, 0.5) is 5.69 Å². The Morgan fingerprint density at radius 2 is 2.35 bits per heavy atom. The van der Waals surface area contributed by atoms with E-state index in [4.69, 9.17) is 6.11 Å². The molecule has 1 amide bonds. The van der Waals surface area contributed by atoms with E-state index in [0.29, 0.717) is 22.6 Å². The molecule has 0 unspecified atom stereocenters. The minimum atomic E-state index is -0.510. The lowest BCUT2D eigenvalue weighted by atomic mass is 9.71. The van der Waals surface area contributed by atoms with Crippen molar-refractivity contribution in [2.24, 2.45) is 0 Å². The van der Waals surface area contributed by atoms with Crippen molar-refractivity contribution in [2.75, 3.05) is 18.7 Å². The van der Waals surface area contributed by atoms with E-state index in [1.54, 1.807) is 12.0 Å². The molecule has 0 saturated heterocycles. The molecule has 4 heteroatoms. The average molecular weight is 337 g/mol. The standard InChI is InChI=1S/C16H18BrNO2/c1-11-5-7-16(8-6-11)13-4-3-12(17)9-14(13)18(10-20-2)15(16)19/h3-5,9H,6-8,10H2,1-2H3/t16-/m0/s1/i9D. The highest BCUT2D eigenvalue weighted by Gasteiger charge is 2.50. The maximum atomic E-state index is 13.0. The Labute approximate surface area is 129 Å². The van der Waals surface area contributed by atoms with Crippen molar-refractivity contribution in [1.29, 1.82) is 0 Å². The van der Waals surface area contributed by atoms with Crippen molar-refractivity contribution in [1.82, 2.24) is 0 Å². The monoisotopic (exact) mass is 336 g/mol. The highest BCUT2D eigenvalue weighted by atomic mass is 79.9.